The number of carbonyl (C=O) groups is 2. The van der Waals surface area contributed by atoms with Crippen molar-refractivity contribution in [2.75, 3.05) is 13.3 Å². The number of carbonyl (C=O) groups excluding carboxylic acids is 2. The van der Waals surface area contributed by atoms with Crippen LogP contribution in [-0.4, -0.2) is 25.3 Å². The lowest BCUT2D eigenvalue weighted by Crippen LogP contribution is -2.14. The Morgan fingerprint density at radius 2 is 1.08 bits per heavy atom. The summed E-state index contributed by atoms with van der Waals surface area (Å²) in [5.41, 5.74) is 0. The molecule has 0 N–H and O–H groups in total. The maximum Gasteiger partial charge on any atom is 0.345 e. The summed E-state index contributed by atoms with van der Waals surface area (Å²) in [6.45, 7) is -2.82. The van der Waals surface area contributed by atoms with Crippen LogP contribution < -0.4 is 0 Å². The highest BCUT2D eigenvalue weighted by atomic mass is 19.1. The summed E-state index contributed by atoms with van der Waals surface area (Å²) < 4.78 is 25.8. The van der Waals surface area contributed by atoms with E-state index in [2.05, 4.69) is 4.74 Å². The fourth-order valence-electron chi connectivity index (χ4n) is 0.182. The number of alkyl halides is 2. The van der Waals surface area contributed by atoms with Crippen LogP contribution in [0.1, 0.15) is 0 Å². The molecule has 0 saturated heterocycles. The maximum absolute atomic E-state index is 11.1. The van der Waals surface area contributed by atoms with Crippen LogP contribution in [0.4, 0.5) is 27.6 Å². The molecule has 0 aromatic carbocycles. The van der Waals surface area contributed by atoms with Gasteiger partial charge in [-0.15, -0.1) is 0 Å². The molecule has 0 rings (SSSR count). The highest BCUT2D eigenvalue weighted by Gasteiger charge is 2.07. The summed E-state index contributed by atoms with van der Waals surface area (Å²) in [5, 5.41) is 0. The van der Waals surface area contributed by atoms with Crippen molar-refractivity contribution in [1.29, 1.82) is 0 Å². The zero-order valence-corrected chi connectivity index (χ0v) is 6.03. The second kappa shape index (κ2) is 17.0. The molecule has 0 amide bonds. The lowest BCUT2D eigenvalue weighted by atomic mass is 10.7. The van der Waals surface area contributed by atoms with E-state index in [9.17, 15) is 18.4 Å². The van der Waals surface area contributed by atoms with Crippen LogP contribution in [0.25, 0.3) is 0 Å². The Morgan fingerprint density at radius 3 is 1.23 bits per heavy atom. The van der Waals surface area contributed by atoms with E-state index in [1.54, 1.807) is 0 Å². The van der Waals surface area contributed by atoms with Gasteiger partial charge < -0.3 is 4.74 Å². The number of halogens is 6. The van der Waals surface area contributed by atoms with Gasteiger partial charge in [0.15, 0.2) is 13.3 Å². The topological polar surface area (TPSA) is 43.4 Å². The fraction of sp³-hybridized carbons (Fsp3) is 0.500. The van der Waals surface area contributed by atoms with E-state index in [0.29, 0.717) is 0 Å². The number of ether oxygens (including phenoxy) is 1. The molecule has 0 bridgehead atoms. The van der Waals surface area contributed by atoms with E-state index < -0.39 is 25.3 Å². The van der Waals surface area contributed by atoms with Gasteiger partial charge in [0.05, 0.1) is 0 Å². The largest absolute Gasteiger partial charge is 0.389 e. The monoisotopic (exact) mass is 218 g/mol. The molecule has 0 radical (unpaired) electrons. The maximum atomic E-state index is 11.1. The van der Waals surface area contributed by atoms with E-state index >= 15 is 0 Å². The molecule has 0 atom stereocenters. The normalized spacial score (nSPS) is 6.00. The summed E-state index contributed by atoms with van der Waals surface area (Å²) in [6.07, 6.45) is 0. The molecule has 0 spiro atoms. The van der Waals surface area contributed by atoms with Gasteiger partial charge in [-0.2, -0.15) is 0 Å². The smallest absolute Gasteiger partial charge is 0.345 e. The Hall–Kier alpha value is -1.28. The van der Waals surface area contributed by atoms with E-state index in [4.69, 9.17) is 0 Å². The summed E-state index contributed by atoms with van der Waals surface area (Å²) in [4.78, 5) is 19.6. The molecule has 0 aliphatic heterocycles. The zero-order valence-electron chi connectivity index (χ0n) is 6.03. The van der Waals surface area contributed by atoms with E-state index in [-0.39, 0.29) is 18.8 Å². The first kappa shape index (κ1) is 29.8. The van der Waals surface area contributed by atoms with Crippen molar-refractivity contribution < 1.29 is 41.9 Å². The average molecular weight is 218 g/mol. The van der Waals surface area contributed by atoms with Crippen molar-refractivity contribution in [3.8, 4) is 0 Å². The van der Waals surface area contributed by atoms with Crippen molar-refractivity contribution in [1.82, 2.24) is 0 Å². The lowest BCUT2D eigenvalue weighted by molar-refractivity contribution is -0.160. The van der Waals surface area contributed by atoms with Crippen LogP contribution in [0, 0.1) is 0 Å². The molecule has 0 aromatic heterocycles. The predicted molar refractivity (Wildman–Crippen MR) is 33.1 cm³/mol. The van der Waals surface area contributed by atoms with Crippen LogP contribution in [0.5, 0.6) is 0 Å². The van der Waals surface area contributed by atoms with Gasteiger partial charge in [0.2, 0.25) is 0 Å². The highest BCUT2D eigenvalue weighted by molar-refractivity contribution is 5.86. The van der Waals surface area contributed by atoms with Gasteiger partial charge >= 0.3 is 11.9 Å². The number of esters is 2. The van der Waals surface area contributed by atoms with Gasteiger partial charge in [-0.3, -0.25) is 18.8 Å². The summed E-state index contributed by atoms with van der Waals surface area (Å²) >= 11 is 0. The van der Waals surface area contributed by atoms with Crippen LogP contribution in [-0.2, 0) is 14.3 Å². The van der Waals surface area contributed by atoms with E-state index in [1.807, 2.05) is 0 Å². The second-order valence-corrected chi connectivity index (χ2v) is 1.11. The summed E-state index contributed by atoms with van der Waals surface area (Å²) in [6, 6.07) is 0. The molecular formula is C4H8F6O3. The van der Waals surface area contributed by atoms with Crippen LogP contribution in [0.15, 0.2) is 0 Å². The Morgan fingerprint density at radius 1 is 0.846 bits per heavy atom. The first-order chi connectivity index (χ1) is 4.20. The predicted octanol–water partition coefficient (Wildman–Crippen LogP) is 0.605. The van der Waals surface area contributed by atoms with Gasteiger partial charge in [0.1, 0.15) is 0 Å². The number of rotatable bonds is 2. The SMILES string of the molecule is F.F.F.F.O=C(CF)OC(=O)CF. The molecule has 9 heteroatoms. The second-order valence-electron chi connectivity index (χ2n) is 1.11. The Bertz CT molecular complexity index is 115. The van der Waals surface area contributed by atoms with Gasteiger partial charge in [0.25, 0.3) is 0 Å². The minimum absolute atomic E-state index is 0. The molecule has 0 heterocycles. The minimum Gasteiger partial charge on any atom is -0.389 e. The first-order valence-electron chi connectivity index (χ1n) is 2.06. The summed E-state index contributed by atoms with van der Waals surface area (Å²) in [5.74, 6) is -2.73. The number of hydrogen-bond donors (Lipinski definition) is 0. The van der Waals surface area contributed by atoms with Crippen LogP contribution in [0.2, 0.25) is 0 Å². The Balaban J connectivity index is -0.0000000533. The van der Waals surface area contributed by atoms with E-state index in [0.717, 1.165) is 0 Å². The fourth-order valence-corrected chi connectivity index (χ4v) is 0.182. The zero-order chi connectivity index (χ0) is 7.28. The first-order valence-corrected chi connectivity index (χ1v) is 2.06. The van der Waals surface area contributed by atoms with Gasteiger partial charge in [0, 0.05) is 0 Å². The van der Waals surface area contributed by atoms with Gasteiger partial charge in [-0.1, -0.05) is 0 Å². The molecule has 0 fully saturated rings. The Kier molecular flexibility index (Phi) is 39.0. The highest BCUT2D eigenvalue weighted by Crippen LogP contribution is 1.82. The minimum atomic E-state index is -1.41. The van der Waals surface area contributed by atoms with Crippen molar-refractivity contribution in [2.45, 2.75) is 0 Å². The van der Waals surface area contributed by atoms with Crippen molar-refractivity contribution >= 4 is 11.9 Å². The van der Waals surface area contributed by atoms with Crippen molar-refractivity contribution in [2.24, 2.45) is 0 Å². The lowest BCUT2D eigenvalue weighted by Gasteiger charge is -1.92. The molecule has 3 nitrogen and oxygen atoms in total. The van der Waals surface area contributed by atoms with E-state index in [1.165, 1.54) is 0 Å². The Labute approximate surface area is 68.5 Å². The molecule has 13 heavy (non-hydrogen) atoms. The van der Waals surface area contributed by atoms with Crippen molar-refractivity contribution in [3.05, 3.63) is 0 Å². The molecule has 0 aliphatic carbocycles. The third-order valence-electron chi connectivity index (χ3n) is 0.446. The molecule has 0 saturated carbocycles. The molecule has 0 aromatic rings. The molecular weight excluding hydrogens is 210 g/mol. The third kappa shape index (κ3) is 18.1. The quantitative estimate of drug-likeness (QED) is 0.387. The third-order valence-corrected chi connectivity index (χ3v) is 0.446. The van der Waals surface area contributed by atoms with Crippen LogP contribution >= 0.6 is 0 Å². The van der Waals surface area contributed by atoms with Gasteiger partial charge in [-0.25, -0.2) is 18.4 Å². The van der Waals surface area contributed by atoms with Crippen LogP contribution in [0.3, 0.4) is 0 Å². The van der Waals surface area contributed by atoms with Gasteiger partial charge in [-0.05, 0) is 0 Å². The molecule has 84 valence electrons. The molecule has 0 aliphatic rings. The number of hydrogen-bond acceptors (Lipinski definition) is 3. The average Bonchev–Trinajstić information content (AvgIpc) is 1.87. The molecule has 0 unspecified atom stereocenters. The standard InChI is InChI=1S/C4H4F2O3.4FH/c5-1-3(7)9-4(8)2-6;;;;/h1-2H2;4*1H. The van der Waals surface area contributed by atoms with Crippen molar-refractivity contribution in [3.63, 3.8) is 0 Å². The summed E-state index contributed by atoms with van der Waals surface area (Å²) in [7, 11) is 0.